The van der Waals surface area contributed by atoms with Crippen LogP contribution in [0.1, 0.15) is 19.4 Å². The number of nitrogens with zero attached hydrogens (tertiary/aromatic N) is 3. The van der Waals surface area contributed by atoms with E-state index in [1.54, 1.807) is 0 Å². The molecule has 7 nitrogen and oxygen atoms in total. The third kappa shape index (κ3) is 5.82. The second-order valence-corrected chi connectivity index (χ2v) is 9.13. The molecule has 0 aromatic heterocycles. The van der Waals surface area contributed by atoms with Crippen LogP contribution < -0.4 is 4.46 Å². The van der Waals surface area contributed by atoms with Crippen molar-refractivity contribution in [3.63, 3.8) is 0 Å². The Morgan fingerprint density at radius 1 is 1.14 bits per heavy atom. The molecule has 8 heteroatoms. The minimum absolute atomic E-state index is 0.128. The number of hydrogen-bond donors (Lipinski definition) is 0. The molecule has 29 heavy (non-hydrogen) atoms. The minimum atomic E-state index is -0.716. The van der Waals surface area contributed by atoms with E-state index in [1.807, 2.05) is 67.6 Å². The molecule has 1 heterocycles. The van der Waals surface area contributed by atoms with Gasteiger partial charge in [-0.3, -0.25) is 0 Å². The second kappa shape index (κ2) is 10.4. The van der Waals surface area contributed by atoms with Gasteiger partial charge in [-0.1, -0.05) is 0 Å². The summed E-state index contributed by atoms with van der Waals surface area (Å²) >= 11 is -0.128. The predicted molar refractivity (Wildman–Crippen MR) is 110 cm³/mol. The van der Waals surface area contributed by atoms with Gasteiger partial charge in [0.25, 0.3) is 0 Å². The molecule has 1 fully saturated rings. The monoisotopic (exact) mass is 461 g/mol. The first-order valence-electron chi connectivity index (χ1n) is 9.32. The van der Waals surface area contributed by atoms with E-state index < -0.39 is 24.2 Å². The molecule has 0 aliphatic carbocycles. The van der Waals surface area contributed by atoms with Crippen molar-refractivity contribution in [2.45, 2.75) is 49.8 Å². The van der Waals surface area contributed by atoms with Crippen LogP contribution in [-0.2, 0) is 25.6 Å². The molecule has 1 aliphatic rings. The molecule has 1 saturated heterocycles. The van der Waals surface area contributed by atoms with E-state index in [2.05, 4.69) is 10.0 Å². The molecule has 0 N–H and O–H groups in total. The molecule has 1 aliphatic heterocycles. The van der Waals surface area contributed by atoms with Crippen LogP contribution in [0.2, 0.25) is 0 Å². The van der Waals surface area contributed by atoms with Gasteiger partial charge in [-0.15, -0.1) is 0 Å². The Kier molecular flexibility index (Phi) is 7.69. The number of hydrogen-bond acceptors (Lipinski definition) is 5. The molecule has 0 saturated carbocycles. The Bertz CT molecular complexity index is 846. The number of azide groups is 1. The normalized spacial score (nSPS) is 26.3. The van der Waals surface area contributed by atoms with Crippen molar-refractivity contribution in [1.82, 2.24) is 0 Å². The molecular formula is C21H23N3O4Se. The molecule has 152 valence electrons. The van der Waals surface area contributed by atoms with E-state index in [1.165, 1.54) is 6.92 Å². The first-order valence-corrected chi connectivity index (χ1v) is 11.2. The van der Waals surface area contributed by atoms with Gasteiger partial charge < -0.3 is 0 Å². The van der Waals surface area contributed by atoms with Crippen LogP contribution in [0.25, 0.3) is 10.4 Å². The fourth-order valence-electron chi connectivity index (χ4n) is 3.22. The summed E-state index contributed by atoms with van der Waals surface area (Å²) in [5.41, 5.74) is 10.1. The van der Waals surface area contributed by atoms with Gasteiger partial charge in [-0.25, -0.2) is 0 Å². The second-order valence-electron chi connectivity index (χ2n) is 6.67. The van der Waals surface area contributed by atoms with E-state index in [0.717, 1.165) is 10.0 Å². The van der Waals surface area contributed by atoms with Crippen molar-refractivity contribution in [1.29, 1.82) is 0 Å². The maximum absolute atomic E-state index is 11.8. The van der Waals surface area contributed by atoms with Gasteiger partial charge in [0, 0.05) is 0 Å². The summed E-state index contributed by atoms with van der Waals surface area (Å²) in [4.78, 5) is 14.8. The molecular weight excluding hydrogens is 437 g/mol. The van der Waals surface area contributed by atoms with E-state index in [0.29, 0.717) is 6.61 Å². The van der Waals surface area contributed by atoms with Crippen molar-refractivity contribution < 1.29 is 19.0 Å². The van der Waals surface area contributed by atoms with Crippen molar-refractivity contribution >= 4 is 25.4 Å². The summed E-state index contributed by atoms with van der Waals surface area (Å²) < 4.78 is 19.0. The summed E-state index contributed by atoms with van der Waals surface area (Å²) in [7, 11) is 0. The maximum atomic E-state index is 11.8. The predicted octanol–water partition coefficient (Wildman–Crippen LogP) is 2.96. The number of carbonyl (C=O) groups is 1. The summed E-state index contributed by atoms with van der Waals surface area (Å²) in [5, 5.41) is 3.59. The van der Waals surface area contributed by atoms with Crippen molar-refractivity contribution in [3.8, 4) is 0 Å². The Morgan fingerprint density at radius 2 is 1.79 bits per heavy atom. The number of carbonyl (C=O) groups excluding carboxylic acids is 1. The van der Waals surface area contributed by atoms with Crippen LogP contribution in [0.15, 0.2) is 65.8 Å². The molecule has 2 aromatic rings. The van der Waals surface area contributed by atoms with Crippen molar-refractivity contribution in [2.75, 3.05) is 0 Å². The first kappa shape index (κ1) is 21.4. The molecule has 5 atom stereocenters. The van der Waals surface area contributed by atoms with Gasteiger partial charge in [0.15, 0.2) is 0 Å². The van der Waals surface area contributed by atoms with Crippen LogP contribution >= 0.6 is 0 Å². The quantitative estimate of drug-likeness (QED) is 0.209. The number of ether oxygens (including phenoxy) is 3. The zero-order valence-corrected chi connectivity index (χ0v) is 18.0. The number of benzene rings is 2. The van der Waals surface area contributed by atoms with Gasteiger partial charge in [0.1, 0.15) is 0 Å². The Balaban J connectivity index is 1.83. The molecule has 0 radical (unpaired) electrons. The van der Waals surface area contributed by atoms with Crippen LogP contribution in [0.3, 0.4) is 0 Å². The molecule has 0 spiro atoms. The first-order chi connectivity index (χ1) is 14.1. The summed E-state index contributed by atoms with van der Waals surface area (Å²) in [6, 6.07) is 19.0. The van der Waals surface area contributed by atoms with Gasteiger partial charge in [-0.05, 0) is 0 Å². The van der Waals surface area contributed by atoms with Gasteiger partial charge in [0.2, 0.25) is 0 Å². The van der Waals surface area contributed by atoms with E-state index in [-0.39, 0.29) is 26.1 Å². The zero-order valence-electron chi connectivity index (χ0n) is 16.3. The van der Waals surface area contributed by atoms with E-state index >= 15 is 0 Å². The average molecular weight is 460 g/mol. The summed E-state index contributed by atoms with van der Waals surface area (Å²) in [5.74, 6) is -0.443. The topological polar surface area (TPSA) is 93.5 Å². The summed E-state index contributed by atoms with van der Waals surface area (Å²) in [6.45, 7) is 3.58. The molecule has 3 rings (SSSR count). The average Bonchev–Trinajstić information content (AvgIpc) is 2.71. The van der Waals surface area contributed by atoms with Crippen LogP contribution in [0.4, 0.5) is 0 Å². The van der Waals surface area contributed by atoms with Gasteiger partial charge >= 0.3 is 176 Å². The SMILES string of the molecule is CC(=O)O[C@@H]1[C@@H](N=[N+]=[N-])[C@@H]([Se]c2ccccc2)O[C@H](C)[C@H]1OCc1ccccc1. The molecule has 0 unspecified atom stereocenters. The zero-order chi connectivity index (χ0) is 20.6. The van der Waals surface area contributed by atoms with Crippen molar-refractivity contribution in [2.24, 2.45) is 5.11 Å². The fourth-order valence-corrected chi connectivity index (χ4v) is 5.66. The Hall–Kier alpha value is -2.34. The summed E-state index contributed by atoms with van der Waals surface area (Å²) in [6.07, 6.45) is -1.59. The van der Waals surface area contributed by atoms with Gasteiger partial charge in [-0.2, -0.15) is 0 Å². The third-order valence-corrected chi connectivity index (χ3v) is 6.97. The van der Waals surface area contributed by atoms with E-state index in [4.69, 9.17) is 19.7 Å². The molecule has 0 bridgehead atoms. The fraction of sp³-hybridized carbons (Fsp3) is 0.381. The van der Waals surface area contributed by atoms with Crippen LogP contribution in [0.5, 0.6) is 0 Å². The molecule has 0 amide bonds. The van der Waals surface area contributed by atoms with Crippen LogP contribution in [0, 0.1) is 0 Å². The Morgan fingerprint density at radius 3 is 2.41 bits per heavy atom. The standard InChI is InChI=1S/C21H23N3O4Se/c1-14-19(26-13-16-9-5-3-6-10-16)20(28-15(2)25)18(23-24-22)21(27-14)29-17-11-7-4-8-12-17/h3-12,14,18-21H,13H2,1-2H3/t14-,18-,19-,20-,21-/m1/s1. The van der Waals surface area contributed by atoms with E-state index in [9.17, 15) is 4.79 Å². The van der Waals surface area contributed by atoms with Crippen LogP contribution in [-0.4, -0.2) is 50.3 Å². The number of esters is 1. The molecule has 2 aromatic carbocycles. The Labute approximate surface area is 176 Å². The third-order valence-electron chi connectivity index (χ3n) is 4.52. The number of rotatable bonds is 7. The van der Waals surface area contributed by atoms with Crippen molar-refractivity contribution in [3.05, 3.63) is 76.7 Å². The van der Waals surface area contributed by atoms with Gasteiger partial charge in [0.05, 0.1) is 0 Å².